The van der Waals surface area contributed by atoms with E-state index in [4.69, 9.17) is 5.11 Å². The van der Waals surface area contributed by atoms with Crippen LogP contribution in [0.5, 0.6) is 0 Å². The van der Waals surface area contributed by atoms with Crippen molar-refractivity contribution in [2.75, 3.05) is 13.6 Å². The predicted octanol–water partition coefficient (Wildman–Crippen LogP) is 4.73. The number of hydrogen-bond donors (Lipinski definition) is 1. The molecule has 1 atom stereocenters. The number of nitrogens with zero attached hydrogens (tertiary/aromatic N) is 1. The van der Waals surface area contributed by atoms with Crippen molar-refractivity contribution in [3.05, 3.63) is 0 Å². The molecule has 0 aliphatic heterocycles. The Hall–Kier alpha value is -0.280. The van der Waals surface area contributed by atoms with Gasteiger partial charge in [-0.15, -0.1) is 12.4 Å². The molecule has 0 bridgehead atoms. The Bertz CT molecular complexity index is 225. The fraction of sp³-hybridized carbons (Fsp3) is 0.938. The summed E-state index contributed by atoms with van der Waals surface area (Å²) in [6.45, 7) is 4.89. The molecule has 0 aliphatic rings. The van der Waals surface area contributed by atoms with Crippen molar-refractivity contribution < 1.29 is 9.90 Å². The SMILES string of the molecule is CCCCCCCCCCCCN(C)C(C)C(=O)O.Cl. The van der Waals surface area contributed by atoms with Crippen LogP contribution in [0.3, 0.4) is 0 Å². The Morgan fingerprint density at radius 3 is 1.75 bits per heavy atom. The Balaban J connectivity index is 0. The van der Waals surface area contributed by atoms with E-state index in [1.807, 2.05) is 11.9 Å². The van der Waals surface area contributed by atoms with E-state index < -0.39 is 5.97 Å². The maximum absolute atomic E-state index is 10.8. The summed E-state index contributed by atoms with van der Waals surface area (Å²) in [5, 5.41) is 8.87. The van der Waals surface area contributed by atoms with Crippen molar-refractivity contribution in [1.82, 2.24) is 4.90 Å². The minimum absolute atomic E-state index is 0. The summed E-state index contributed by atoms with van der Waals surface area (Å²) in [5.41, 5.74) is 0. The van der Waals surface area contributed by atoms with Crippen molar-refractivity contribution in [2.24, 2.45) is 0 Å². The molecule has 0 saturated heterocycles. The number of hydrogen-bond acceptors (Lipinski definition) is 2. The van der Waals surface area contributed by atoms with Crippen molar-refractivity contribution in [1.29, 1.82) is 0 Å². The largest absolute Gasteiger partial charge is 0.480 e. The van der Waals surface area contributed by atoms with Crippen LogP contribution in [0.1, 0.15) is 78.1 Å². The fourth-order valence-corrected chi connectivity index (χ4v) is 2.23. The Labute approximate surface area is 131 Å². The molecule has 122 valence electrons. The number of unbranched alkanes of at least 4 members (excludes halogenated alkanes) is 9. The molecule has 0 rings (SSSR count). The lowest BCUT2D eigenvalue weighted by atomic mass is 10.1. The summed E-state index contributed by atoms with van der Waals surface area (Å²) in [7, 11) is 1.90. The number of likely N-dealkylation sites (N-methyl/N-ethyl adjacent to an activating group) is 1. The molecular weight excluding hydrogens is 274 g/mol. The molecule has 0 amide bonds. The van der Waals surface area contributed by atoms with Crippen molar-refractivity contribution >= 4 is 18.4 Å². The first-order valence-electron chi connectivity index (χ1n) is 8.02. The van der Waals surface area contributed by atoms with Gasteiger partial charge in [0.15, 0.2) is 0 Å². The second-order valence-electron chi connectivity index (χ2n) is 5.68. The molecule has 0 saturated carbocycles. The van der Waals surface area contributed by atoms with E-state index in [1.165, 1.54) is 57.8 Å². The number of halogens is 1. The summed E-state index contributed by atoms with van der Waals surface area (Å²) < 4.78 is 0. The van der Waals surface area contributed by atoms with Gasteiger partial charge in [-0.2, -0.15) is 0 Å². The number of carboxylic acids is 1. The van der Waals surface area contributed by atoms with Crippen LogP contribution in [0.15, 0.2) is 0 Å². The molecule has 0 fully saturated rings. The first kappa shape index (κ1) is 22.0. The van der Waals surface area contributed by atoms with Crippen molar-refractivity contribution in [3.8, 4) is 0 Å². The highest BCUT2D eigenvalue weighted by atomic mass is 35.5. The lowest BCUT2D eigenvalue weighted by molar-refractivity contribution is -0.142. The number of rotatable bonds is 13. The van der Waals surface area contributed by atoms with E-state index in [9.17, 15) is 4.79 Å². The van der Waals surface area contributed by atoms with Crippen LogP contribution >= 0.6 is 12.4 Å². The quantitative estimate of drug-likeness (QED) is 0.500. The summed E-state index contributed by atoms with van der Waals surface area (Å²) >= 11 is 0. The Kier molecular flexibility index (Phi) is 16.6. The van der Waals surface area contributed by atoms with E-state index >= 15 is 0 Å². The summed E-state index contributed by atoms with van der Waals surface area (Å²) in [4.78, 5) is 12.7. The number of carbonyl (C=O) groups is 1. The van der Waals surface area contributed by atoms with E-state index in [0.717, 1.165) is 13.0 Å². The predicted molar refractivity (Wildman–Crippen MR) is 88.8 cm³/mol. The highest BCUT2D eigenvalue weighted by Gasteiger charge is 2.15. The fourth-order valence-electron chi connectivity index (χ4n) is 2.23. The number of aliphatic carboxylic acids is 1. The first-order valence-corrected chi connectivity index (χ1v) is 8.02. The van der Waals surface area contributed by atoms with Gasteiger partial charge in [0, 0.05) is 0 Å². The maximum Gasteiger partial charge on any atom is 0.320 e. The van der Waals surface area contributed by atoms with Crippen LogP contribution in [0.25, 0.3) is 0 Å². The lowest BCUT2D eigenvalue weighted by Crippen LogP contribution is -2.36. The van der Waals surface area contributed by atoms with Crippen LogP contribution in [0, 0.1) is 0 Å². The topological polar surface area (TPSA) is 40.5 Å². The van der Waals surface area contributed by atoms with E-state index in [-0.39, 0.29) is 18.4 Å². The smallest absolute Gasteiger partial charge is 0.320 e. The van der Waals surface area contributed by atoms with Crippen LogP contribution in [-0.4, -0.2) is 35.6 Å². The molecule has 4 heteroatoms. The first-order chi connectivity index (χ1) is 9.09. The molecule has 0 radical (unpaired) electrons. The van der Waals surface area contributed by atoms with Gasteiger partial charge < -0.3 is 5.11 Å². The molecule has 20 heavy (non-hydrogen) atoms. The zero-order valence-electron chi connectivity index (χ0n) is 13.6. The van der Waals surface area contributed by atoms with Gasteiger partial charge in [0.25, 0.3) is 0 Å². The molecule has 1 unspecified atom stereocenters. The minimum Gasteiger partial charge on any atom is -0.480 e. The minimum atomic E-state index is -0.727. The zero-order chi connectivity index (χ0) is 14.5. The van der Waals surface area contributed by atoms with E-state index in [1.54, 1.807) is 6.92 Å². The molecule has 0 heterocycles. The third-order valence-corrected chi connectivity index (χ3v) is 3.88. The highest BCUT2D eigenvalue weighted by Crippen LogP contribution is 2.11. The van der Waals surface area contributed by atoms with Gasteiger partial charge in [-0.1, -0.05) is 64.7 Å². The second-order valence-corrected chi connectivity index (χ2v) is 5.68. The average molecular weight is 308 g/mol. The third kappa shape index (κ3) is 12.7. The standard InChI is InChI=1S/C16H33NO2.ClH/c1-4-5-6-7-8-9-10-11-12-13-14-17(3)15(2)16(18)19;/h15H,4-14H2,1-3H3,(H,18,19);1H. The molecule has 0 aromatic heterocycles. The van der Waals surface area contributed by atoms with Gasteiger partial charge >= 0.3 is 5.97 Å². The van der Waals surface area contributed by atoms with Crippen LogP contribution in [-0.2, 0) is 4.79 Å². The average Bonchev–Trinajstić information content (AvgIpc) is 2.39. The van der Waals surface area contributed by atoms with Crippen LogP contribution in [0.4, 0.5) is 0 Å². The highest BCUT2D eigenvalue weighted by molar-refractivity contribution is 5.85. The maximum atomic E-state index is 10.8. The molecular formula is C16H34ClNO2. The van der Waals surface area contributed by atoms with Crippen LogP contribution in [0.2, 0.25) is 0 Å². The van der Waals surface area contributed by atoms with Gasteiger partial charge in [0.1, 0.15) is 6.04 Å². The third-order valence-electron chi connectivity index (χ3n) is 3.88. The van der Waals surface area contributed by atoms with Crippen molar-refractivity contribution in [3.63, 3.8) is 0 Å². The molecule has 1 N–H and O–H groups in total. The lowest BCUT2D eigenvalue weighted by Gasteiger charge is -2.20. The Morgan fingerprint density at radius 2 is 1.35 bits per heavy atom. The van der Waals surface area contributed by atoms with Crippen molar-refractivity contribution in [2.45, 2.75) is 84.1 Å². The van der Waals surface area contributed by atoms with E-state index in [0.29, 0.717) is 0 Å². The zero-order valence-corrected chi connectivity index (χ0v) is 14.4. The summed E-state index contributed by atoms with van der Waals surface area (Å²) in [6.07, 6.45) is 13.2. The monoisotopic (exact) mass is 307 g/mol. The summed E-state index contributed by atoms with van der Waals surface area (Å²) in [6, 6.07) is -0.362. The Morgan fingerprint density at radius 1 is 0.950 bits per heavy atom. The molecule has 0 aromatic rings. The molecule has 0 spiro atoms. The van der Waals surface area contributed by atoms with Gasteiger partial charge in [0.2, 0.25) is 0 Å². The number of carboxylic acid groups (broad SMARTS) is 1. The van der Waals surface area contributed by atoms with E-state index in [2.05, 4.69) is 6.92 Å². The molecule has 0 aromatic carbocycles. The van der Waals surface area contributed by atoms with Gasteiger partial charge in [-0.3, -0.25) is 9.69 Å². The van der Waals surface area contributed by atoms with Crippen LogP contribution < -0.4 is 0 Å². The molecule has 0 aliphatic carbocycles. The molecule has 3 nitrogen and oxygen atoms in total. The van der Waals surface area contributed by atoms with Gasteiger partial charge in [0.05, 0.1) is 0 Å². The summed E-state index contributed by atoms with van der Waals surface area (Å²) in [5.74, 6) is -0.727. The van der Waals surface area contributed by atoms with Gasteiger partial charge in [-0.25, -0.2) is 0 Å². The van der Waals surface area contributed by atoms with Gasteiger partial charge in [-0.05, 0) is 26.9 Å². The normalized spacial score (nSPS) is 12.2. The second kappa shape index (κ2) is 15.1.